The van der Waals surface area contributed by atoms with Crippen molar-refractivity contribution in [3.05, 3.63) is 34.9 Å². The Morgan fingerprint density at radius 2 is 2.14 bits per heavy atom. The summed E-state index contributed by atoms with van der Waals surface area (Å²) in [6, 6.07) is 8.12. The first-order valence-electron chi connectivity index (χ1n) is 7.99. The third-order valence-corrected chi connectivity index (χ3v) is 4.48. The number of rotatable bonds is 4. The van der Waals surface area contributed by atoms with Crippen LogP contribution in [0.4, 0.5) is 0 Å². The van der Waals surface area contributed by atoms with Gasteiger partial charge in [0.2, 0.25) is 0 Å². The molecule has 0 radical (unpaired) electrons. The minimum absolute atomic E-state index is 0.192. The molecule has 0 aliphatic carbocycles. The Morgan fingerprint density at radius 3 is 2.77 bits per heavy atom. The van der Waals surface area contributed by atoms with Crippen LogP contribution in [-0.4, -0.2) is 44.6 Å². The molecule has 0 saturated carbocycles. The fraction of sp³-hybridized carbons (Fsp3) is 0.588. The van der Waals surface area contributed by atoms with E-state index in [0.717, 1.165) is 24.1 Å². The molecule has 1 aromatic rings. The maximum atomic E-state index is 5.94. The highest BCUT2D eigenvalue weighted by Crippen LogP contribution is 2.16. The largest absolute Gasteiger partial charge is 0.356 e. The zero-order chi connectivity index (χ0) is 15.9. The van der Waals surface area contributed by atoms with E-state index in [-0.39, 0.29) is 6.04 Å². The number of benzene rings is 1. The number of halogens is 1. The summed E-state index contributed by atoms with van der Waals surface area (Å²) in [5, 5.41) is 7.66. The molecule has 2 rings (SSSR count). The summed E-state index contributed by atoms with van der Waals surface area (Å²) in [6.45, 7) is 5.48. The number of aliphatic imine (C=N–C) groups is 1. The first kappa shape index (κ1) is 17.1. The maximum Gasteiger partial charge on any atom is 0.191 e. The summed E-state index contributed by atoms with van der Waals surface area (Å²) >= 11 is 5.94. The molecule has 2 atom stereocenters. The van der Waals surface area contributed by atoms with Gasteiger partial charge in [0.25, 0.3) is 0 Å². The van der Waals surface area contributed by atoms with E-state index in [9.17, 15) is 0 Å². The van der Waals surface area contributed by atoms with Crippen molar-refractivity contribution < 1.29 is 0 Å². The van der Waals surface area contributed by atoms with Gasteiger partial charge in [-0.25, -0.2) is 0 Å². The normalized spacial score (nSPS) is 21.5. The van der Waals surface area contributed by atoms with Crippen molar-refractivity contribution in [3.63, 3.8) is 0 Å². The molecule has 1 saturated heterocycles. The van der Waals surface area contributed by atoms with E-state index < -0.39 is 0 Å². The Balaban J connectivity index is 1.82. The molecular weight excluding hydrogens is 296 g/mol. The minimum atomic E-state index is 0.192. The van der Waals surface area contributed by atoms with Crippen molar-refractivity contribution in [1.82, 2.24) is 15.5 Å². The predicted octanol–water partition coefficient (Wildman–Crippen LogP) is 2.91. The lowest BCUT2D eigenvalue weighted by molar-refractivity contribution is 0.210. The topological polar surface area (TPSA) is 39.7 Å². The van der Waals surface area contributed by atoms with Gasteiger partial charge >= 0.3 is 0 Å². The average Bonchev–Trinajstić information content (AvgIpc) is 2.52. The van der Waals surface area contributed by atoms with Crippen molar-refractivity contribution in [3.8, 4) is 0 Å². The Bertz CT molecular complexity index is 486. The van der Waals surface area contributed by atoms with Gasteiger partial charge in [-0.05, 0) is 57.0 Å². The molecule has 4 nitrogen and oxygen atoms in total. The number of nitrogens with one attached hydrogen (secondary N) is 2. The molecule has 1 aliphatic rings. The van der Waals surface area contributed by atoms with Gasteiger partial charge in [-0.1, -0.05) is 23.7 Å². The molecular formula is C17H27ClN4. The SMILES string of the molecule is CN=C(NCC1CCCN(C)C1)NC(C)c1ccc(Cl)cc1. The highest BCUT2D eigenvalue weighted by atomic mass is 35.5. The van der Waals surface area contributed by atoms with Crippen molar-refractivity contribution in [1.29, 1.82) is 0 Å². The number of likely N-dealkylation sites (tertiary alicyclic amines) is 1. The van der Waals surface area contributed by atoms with E-state index in [1.807, 2.05) is 31.3 Å². The van der Waals surface area contributed by atoms with Gasteiger partial charge in [-0.3, -0.25) is 4.99 Å². The van der Waals surface area contributed by atoms with Gasteiger partial charge in [-0.15, -0.1) is 0 Å². The number of hydrogen-bond acceptors (Lipinski definition) is 2. The lowest BCUT2D eigenvalue weighted by atomic mass is 9.98. The van der Waals surface area contributed by atoms with Crippen LogP contribution in [0.3, 0.4) is 0 Å². The van der Waals surface area contributed by atoms with E-state index >= 15 is 0 Å². The third-order valence-electron chi connectivity index (χ3n) is 4.23. The van der Waals surface area contributed by atoms with Crippen molar-refractivity contribution >= 4 is 17.6 Å². The summed E-state index contributed by atoms with van der Waals surface area (Å²) in [4.78, 5) is 6.73. The average molecular weight is 323 g/mol. The molecule has 22 heavy (non-hydrogen) atoms. The molecule has 5 heteroatoms. The zero-order valence-electron chi connectivity index (χ0n) is 13.8. The van der Waals surface area contributed by atoms with Crippen LogP contribution in [-0.2, 0) is 0 Å². The highest BCUT2D eigenvalue weighted by Gasteiger charge is 2.17. The smallest absolute Gasteiger partial charge is 0.191 e. The zero-order valence-corrected chi connectivity index (χ0v) is 14.5. The van der Waals surface area contributed by atoms with Crippen molar-refractivity contribution in [2.45, 2.75) is 25.8 Å². The van der Waals surface area contributed by atoms with E-state index in [4.69, 9.17) is 11.6 Å². The molecule has 0 spiro atoms. The van der Waals surface area contributed by atoms with Crippen LogP contribution >= 0.6 is 11.6 Å². The van der Waals surface area contributed by atoms with E-state index in [1.54, 1.807) is 0 Å². The number of piperidine rings is 1. The van der Waals surface area contributed by atoms with Gasteiger partial charge in [0.15, 0.2) is 5.96 Å². The Hall–Kier alpha value is -1.26. The van der Waals surface area contributed by atoms with Crippen LogP contribution in [0, 0.1) is 5.92 Å². The fourth-order valence-electron chi connectivity index (χ4n) is 2.92. The molecule has 2 unspecified atom stereocenters. The summed E-state index contributed by atoms with van der Waals surface area (Å²) in [6.07, 6.45) is 2.58. The molecule has 0 bridgehead atoms. The summed E-state index contributed by atoms with van der Waals surface area (Å²) in [5.74, 6) is 1.55. The summed E-state index contributed by atoms with van der Waals surface area (Å²) in [5.41, 5.74) is 1.20. The van der Waals surface area contributed by atoms with Crippen LogP contribution in [0.2, 0.25) is 5.02 Å². The first-order valence-corrected chi connectivity index (χ1v) is 8.37. The quantitative estimate of drug-likeness (QED) is 0.661. The van der Waals surface area contributed by atoms with Crippen LogP contribution < -0.4 is 10.6 Å². The second-order valence-electron chi connectivity index (χ2n) is 6.14. The van der Waals surface area contributed by atoms with Gasteiger partial charge in [0, 0.05) is 25.2 Å². The van der Waals surface area contributed by atoms with Crippen LogP contribution in [0.25, 0.3) is 0 Å². The number of hydrogen-bond donors (Lipinski definition) is 2. The molecule has 0 amide bonds. The predicted molar refractivity (Wildman–Crippen MR) is 94.6 cm³/mol. The molecule has 1 fully saturated rings. The van der Waals surface area contributed by atoms with Crippen LogP contribution in [0.5, 0.6) is 0 Å². The van der Waals surface area contributed by atoms with Crippen molar-refractivity contribution in [2.24, 2.45) is 10.9 Å². The molecule has 1 aromatic carbocycles. The van der Waals surface area contributed by atoms with E-state index in [2.05, 4.69) is 34.5 Å². The van der Waals surface area contributed by atoms with Gasteiger partial charge in [0.05, 0.1) is 6.04 Å². The number of nitrogens with zero attached hydrogens (tertiary/aromatic N) is 2. The highest BCUT2D eigenvalue weighted by molar-refractivity contribution is 6.30. The third kappa shape index (κ3) is 5.18. The fourth-order valence-corrected chi connectivity index (χ4v) is 3.04. The Kier molecular flexibility index (Phi) is 6.52. The number of guanidine groups is 1. The first-order chi connectivity index (χ1) is 10.6. The van der Waals surface area contributed by atoms with Crippen LogP contribution in [0.1, 0.15) is 31.4 Å². The summed E-state index contributed by atoms with van der Waals surface area (Å²) < 4.78 is 0. The molecule has 0 aromatic heterocycles. The molecule has 2 N–H and O–H groups in total. The minimum Gasteiger partial charge on any atom is -0.356 e. The van der Waals surface area contributed by atoms with Gasteiger partial charge in [0.1, 0.15) is 0 Å². The lowest BCUT2D eigenvalue weighted by Gasteiger charge is -2.30. The molecule has 1 aliphatic heterocycles. The Morgan fingerprint density at radius 1 is 1.41 bits per heavy atom. The lowest BCUT2D eigenvalue weighted by Crippen LogP contribution is -2.44. The summed E-state index contributed by atoms with van der Waals surface area (Å²) in [7, 11) is 4.01. The van der Waals surface area contributed by atoms with E-state index in [1.165, 1.54) is 24.9 Å². The second-order valence-corrected chi connectivity index (χ2v) is 6.58. The molecule has 122 valence electrons. The monoisotopic (exact) mass is 322 g/mol. The van der Waals surface area contributed by atoms with Gasteiger partial charge < -0.3 is 15.5 Å². The van der Waals surface area contributed by atoms with Crippen molar-refractivity contribution in [2.75, 3.05) is 33.7 Å². The van der Waals surface area contributed by atoms with Crippen LogP contribution in [0.15, 0.2) is 29.3 Å². The molecule has 1 heterocycles. The standard InChI is InChI=1S/C17H27ClN4/c1-13(15-6-8-16(18)9-7-15)21-17(19-2)20-11-14-5-4-10-22(3)12-14/h6-9,13-14H,4-5,10-12H2,1-3H3,(H2,19,20,21). The van der Waals surface area contributed by atoms with Gasteiger partial charge in [-0.2, -0.15) is 0 Å². The second kappa shape index (κ2) is 8.39. The maximum absolute atomic E-state index is 5.94. The van der Waals surface area contributed by atoms with E-state index in [0.29, 0.717) is 5.92 Å². The Labute approximate surface area is 138 Å².